The molecule has 5 rings (SSSR count). The highest BCUT2D eigenvalue weighted by molar-refractivity contribution is 7.99. The molecule has 0 unspecified atom stereocenters. The molecule has 156 valence electrons. The zero-order chi connectivity index (χ0) is 20.5. The predicted octanol–water partition coefficient (Wildman–Crippen LogP) is 4.21. The lowest BCUT2D eigenvalue weighted by Gasteiger charge is -2.21. The van der Waals surface area contributed by atoms with E-state index in [-0.39, 0.29) is 12.7 Å². The molecule has 1 aliphatic heterocycles. The van der Waals surface area contributed by atoms with Crippen LogP contribution in [0.2, 0.25) is 0 Å². The predicted molar refractivity (Wildman–Crippen MR) is 116 cm³/mol. The second-order valence-corrected chi connectivity index (χ2v) is 9.16. The van der Waals surface area contributed by atoms with Gasteiger partial charge in [0.15, 0.2) is 22.5 Å². The number of hydrogen-bond acceptors (Lipinski definition) is 7. The zero-order valence-corrected chi connectivity index (χ0v) is 18.2. The fraction of sp³-hybridized carbons (Fsp3) is 0.381. The molecule has 1 aromatic carbocycles. The van der Waals surface area contributed by atoms with E-state index in [0.717, 1.165) is 45.8 Å². The highest BCUT2D eigenvalue weighted by Crippen LogP contribution is 2.41. The average molecular weight is 443 g/mol. The minimum Gasteiger partial charge on any atom is -0.454 e. The van der Waals surface area contributed by atoms with Gasteiger partial charge in [0.05, 0.1) is 10.6 Å². The van der Waals surface area contributed by atoms with Gasteiger partial charge in [-0.15, -0.1) is 21.5 Å². The van der Waals surface area contributed by atoms with Crippen LogP contribution in [0.25, 0.3) is 10.7 Å². The van der Waals surface area contributed by atoms with E-state index in [1.165, 1.54) is 11.8 Å². The zero-order valence-electron chi connectivity index (χ0n) is 16.6. The number of rotatable bonds is 8. The van der Waals surface area contributed by atoms with Crippen molar-refractivity contribution in [3.8, 4) is 22.2 Å². The van der Waals surface area contributed by atoms with E-state index in [1.807, 2.05) is 41.5 Å². The number of fused-ring (bicyclic) bond motifs is 1. The maximum absolute atomic E-state index is 12.9. The van der Waals surface area contributed by atoms with Crippen molar-refractivity contribution in [2.45, 2.75) is 37.5 Å². The first kappa shape index (κ1) is 19.4. The van der Waals surface area contributed by atoms with E-state index >= 15 is 0 Å². The Morgan fingerprint density at radius 1 is 1.27 bits per heavy atom. The molecule has 1 fully saturated rings. The number of nitrogens with zero attached hydrogens (tertiary/aromatic N) is 4. The number of carbonyl (C=O) groups excluding carboxylic acids is 1. The highest BCUT2D eigenvalue weighted by Gasteiger charge is 2.31. The lowest BCUT2D eigenvalue weighted by molar-refractivity contribution is -0.128. The van der Waals surface area contributed by atoms with Crippen LogP contribution in [0.4, 0.5) is 0 Å². The quantitative estimate of drug-likeness (QED) is 0.487. The fourth-order valence-corrected chi connectivity index (χ4v) is 5.08. The monoisotopic (exact) mass is 442 g/mol. The molecule has 2 aliphatic rings. The van der Waals surface area contributed by atoms with Crippen LogP contribution in [-0.4, -0.2) is 44.7 Å². The normalized spacial score (nSPS) is 14.8. The summed E-state index contributed by atoms with van der Waals surface area (Å²) >= 11 is 3.14. The van der Waals surface area contributed by atoms with Crippen molar-refractivity contribution < 1.29 is 14.3 Å². The minimum absolute atomic E-state index is 0.0863. The van der Waals surface area contributed by atoms with Crippen molar-refractivity contribution >= 4 is 29.0 Å². The Morgan fingerprint density at radius 2 is 2.13 bits per heavy atom. The van der Waals surface area contributed by atoms with Crippen molar-refractivity contribution in [1.82, 2.24) is 19.7 Å². The van der Waals surface area contributed by atoms with Gasteiger partial charge in [-0.3, -0.25) is 9.36 Å². The number of carbonyl (C=O) groups is 1. The number of ether oxygens (including phenoxy) is 2. The van der Waals surface area contributed by atoms with Crippen molar-refractivity contribution in [3.05, 3.63) is 41.3 Å². The Balaban J connectivity index is 1.26. The summed E-state index contributed by atoms with van der Waals surface area (Å²) in [6, 6.07) is 10.4. The van der Waals surface area contributed by atoms with Crippen LogP contribution in [-0.2, 0) is 11.3 Å². The number of benzene rings is 1. The summed E-state index contributed by atoms with van der Waals surface area (Å²) in [6.45, 7) is 3.43. The lowest BCUT2D eigenvalue weighted by atomic mass is 10.2. The maximum Gasteiger partial charge on any atom is 0.233 e. The maximum atomic E-state index is 12.9. The summed E-state index contributed by atoms with van der Waals surface area (Å²) < 4.78 is 13.0. The molecule has 0 bridgehead atoms. The van der Waals surface area contributed by atoms with Gasteiger partial charge in [0.25, 0.3) is 0 Å². The number of hydrogen-bond donors (Lipinski definition) is 0. The molecule has 7 nitrogen and oxygen atoms in total. The third-order valence-corrected chi connectivity index (χ3v) is 6.98. The molecule has 1 aliphatic carbocycles. The van der Waals surface area contributed by atoms with Crippen molar-refractivity contribution in [2.75, 3.05) is 19.1 Å². The molecule has 30 heavy (non-hydrogen) atoms. The van der Waals surface area contributed by atoms with Crippen LogP contribution in [0, 0.1) is 0 Å². The summed E-state index contributed by atoms with van der Waals surface area (Å²) in [5, 5.41) is 11.7. The molecular weight excluding hydrogens is 420 g/mol. The van der Waals surface area contributed by atoms with Crippen LogP contribution >= 0.6 is 23.1 Å². The van der Waals surface area contributed by atoms with Crippen molar-refractivity contribution in [1.29, 1.82) is 0 Å². The molecule has 1 saturated carbocycles. The third kappa shape index (κ3) is 3.91. The molecule has 3 aromatic rings. The van der Waals surface area contributed by atoms with Gasteiger partial charge in [-0.2, -0.15) is 0 Å². The molecule has 0 N–H and O–H groups in total. The largest absolute Gasteiger partial charge is 0.454 e. The number of aromatic nitrogens is 3. The van der Waals surface area contributed by atoms with Crippen LogP contribution in [0.5, 0.6) is 11.5 Å². The van der Waals surface area contributed by atoms with Gasteiger partial charge in [-0.25, -0.2) is 0 Å². The highest BCUT2D eigenvalue weighted by atomic mass is 32.2. The van der Waals surface area contributed by atoms with Gasteiger partial charge in [0, 0.05) is 19.1 Å². The van der Waals surface area contributed by atoms with E-state index in [9.17, 15) is 4.79 Å². The average Bonchev–Trinajstić information content (AvgIpc) is 3.16. The van der Waals surface area contributed by atoms with E-state index in [4.69, 9.17) is 9.47 Å². The summed E-state index contributed by atoms with van der Waals surface area (Å²) in [7, 11) is 0. The molecule has 9 heteroatoms. The Kier molecular flexibility index (Phi) is 5.39. The molecule has 0 spiro atoms. The first-order valence-electron chi connectivity index (χ1n) is 10.0. The Bertz CT molecular complexity index is 1050. The standard InChI is InChI=1S/C21H22N4O3S2/c1-2-24(11-14-5-8-16-17(10-14)28-13-27-16)19(26)12-30-21-23-22-20(18-4-3-9-29-18)25(21)15-6-7-15/h3-5,8-10,15H,2,6-7,11-13H2,1H3. The van der Waals surface area contributed by atoms with Gasteiger partial charge in [-0.05, 0) is 48.9 Å². The summed E-state index contributed by atoms with van der Waals surface area (Å²) in [5.74, 6) is 2.83. The molecular formula is C21H22N4O3S2. The fourth-order valence-electron chi connectivity index (χ4n) is 3.46. The topological polar surface area (TPSA) is 69.5 Å². The first-order valence-corrected chi connectivity index (χ1v) is 11.9. The van der Waals surface area contributed by atoms with Crippen LogP contribution in [0.15, 0.2) is 40.9 Å². The van der Waals surface area contributed by atoms with E-state index in [1.54, 1.807) is 11.3 Å². The second kappa shape index (κ2) is 8.31. The molecule has 2 aromatic heterocycles. The van der Waals surface area contributed by atoms with E-state index < -0.39 is 0 Å². The van der Waals surface area contributed by atoms with Gasteiger partial charge in [-0.1, -0.05) is 23.9 Å². The molecule has 1 amide bonds. The first-order chi connectivity index (χ1) is 14.7. The molecule has 3 heterocycles. The summed E-state index contributed by atoms with van der Waals surface area (Å²) in [6.07, 6.45) is 2.28. The van der Waals surface area contributed by atoms with Crippen molar-refractivity contribution in [3.63, 3.8) is 0 Å². The summed E-state index contributed by atoms with van der Waals surface area (Å²) in [4.78, 5) is 15.9. The third-order valence-electron chi connectivity index (χ3n) is 5.19. The van der Waals surface area contributed by atoms with Gasteiger partial charge < -0.3 is 14.4 Å². The molecule has 0 radical (unpaired) electrons. The second-order valence-electron chi connectivity index (χ2n) is 7.27. The van der Waals surface area contributed by atoms with Crippen molar-refractivity contribution in [2.24, 2.45) is 0 Å². The number of amides is 1. The van der Waals surface area contributed by atoms with E-state index in [0.29, 0.717) is 24.9 Å². The van der Waals surface area contributed by atoms with Crippen LogP contribution < -0.4 is 9.47 Å². The molecule has 0 saturated heterocycles. The van der Waals surface area contributed by atoms with E-state index in [2.05, 4.69) is 20.8 Å². The Labute approximate surface area is 183 Å². The van der Waals surface area contributed by atoms with Gasteiger partial charge in [0.1, 0.15) is 0 Å². The SMILES string of the molecule is CCN(Cc1ccc2c(c1)OCO2)C(=O)CSc1nnc(-c2cccs2)n1C1CC1. The van der Waals surface area contributed by atoms with Gasteiger partial charge >= 0.3 is 0 Å². The Hall–Kier alpha value is -2.52. The Morgan fingerprint density at radius 3 is 2.90 bits per heavy atom. The number of thioether (sulfide) groups is 1. The van der Waals surface area contributed by atoms with Gasteiger partial charge in [0.2, 0.25) is 12.7 Å². The summed E-state index contributed by atoms with van der Waals surface area (Å²) in [5.41, 5.74) is 1.03. The van der Waals surface area contributed by atoms with Crippen LogP contribution in [0.1, 0.15) is 31.4 Å². The smallest absolute Gasteiger partial charge is 0.233 e. The van der Waals surface area contributed by atoms with Crippen LogP contribution in [0.3, 0.4) is 0 Å². The lowest BCUT2D eigenvalue weighted by Crippen LogP contribution is -2.31. The number of thiophene rings is 1. The molecule has 0 atom stereocenters. The minimum atomic E-state index is 0.0863.